The van der Waals surface area contributed by atoms with Gasteiger partial charge in [-0.25, -0.2) is 0 Å². The molecular formula is C15H23BrO. The van der Waals surface area contributed by atoms with Crippen molar-refractivity contribution in [3.63, 3.8) is 0 Å². The number of aromatic hydroxyl groups is 1. The van der Waals surface area contributed by atoms with E-state index in [2.05, 4.69) is 64.4 Å². The van der Waals surface area contributed by atoms with Crippen LogP contribution in [0.15, 0.2) is 10.5 Å². The fraction of sp³-hybridized carbons (Fsp3) is 0.600. The third-order valence-electron chi connectivity index (χ3n) is 3.05. The van der Waals surface area contributed by atoms with Crippen LogP contribution in [0.2, 0.25) is 0 Å². The van der Waals surface area contributed by atoms with Gasteiger partial charge in [0.2, 0.25) is 0 Å². The van der Waals surface area contributed by atoms with Crippen molar-refractivity contribution in [3.05, 3.63) is 27.2 Å². The van der Waals surface area contributed by atoms with Gasteiger partial charge in [0.25, 0.3) is 0 Å². The van der Waals surface area contributed by atoms with E-state index >= 15 is 0 Å². The summed E-state index contributed by atoms with van der Waals surface area (Å²) in [6, 6.07) is 2.04. The van der Waals surface area contributed by atoms with Crippen molar-refractivity contribution in [3.8, 4) is 5.75 Å². The predicted octanol–water partition coefficient (Wildman–Crippen LogP) is 5.06. The van der Waals surface area contributed by atoms with Gasteiger partial charge in [-0.05, 0) is 29.4 Å². The number of halogens is 1. The van der Waals surface area contributed by atoms with Gasteiger partial charge in [-0.2, -0.15) is 0 Å². The molecule has 0 aliphatic heterocycles. The molecule has 0 unspecified atom stereocenters. The molecule has 0 saturated heterocycles. The summed E-state index contributed by atoms with van der Waals surface area (Å²) >= 11 is 3.60. The maximum Gasteiger partial charge on any atom is 0.123 e. The van der Waals surface area contributed by atoms with Gasteiger partial charge in [-0.1, -0.05) is 57.5 Å². The molecule has 0 aliphatic carbocycles. The molecule has 1 N–H and O–H groups in total. The highest BCUT2D eigenvalue weighted by molar-refractivity contribution is 9.10. The molecule has 0 radical (unpaired) electrons. The quantitative estimate of drug-likeness (QED) is 0.710. The van der Waals surface area contributed by atoms with E-state index in [-0.39, 0.29) is 10.8 Å². The van der Waals surface area contributed by atoms with E-state index < -0.39 is 0 Å². The molecule has 0 saturated carbocycles. The van der Waals surface area contributed by atoms with Crippen molar-refractivity contribution < 1.29 is 5.11 Å². The molecule has 17 heavy (non-hydrogen) atoms. The smallest absolute Gasteiger partial charge is 0.123 e. The monoisotopic (exact) mass is 298 g/mol. The maximum absolute atomic E-state index is 10.5. The second-order valence-corrected chi connectivity index (χ2v) is 7.61. The van der Waals surface area contributed by atoms with Crippen LogP contribution >= 0.6 is 15.9 Å². The summed E-state index contributed by atoms with van der Waals surface area (Å²) in [7, 11) is 0. The van der Waals surface area contributed by atoms with E-state index in [1.165, 1.54) is 0 Å². The standard InChI is InChI=1S/C15H23BrO/c1-9-11(16)8-10(14(2,3)4)13(17)12(9)15(5,6)7/h8,17H,1-7H3. The van der Waals surface area contributed by atoms with Crippen LogP contribution in [0.5, 0.6) is 5.75 Å². The molecule has 96 valence electrons. The molecule has 1 rings (SSSR count). The third kappa shape index (κ3) is 2.85. The molecule has 2 heteroatoms. The Morgan fingerprint density at radius 3 is 1.82 bits per heavy atom. The Morgan fingerprint density at radius 2 is 1.47 bits per heavy atom. The van der Waals surface area contributed by atoms with E-state index in [1.54, 1.807) is 0 Å². The van der Waals surface area contributed by atoms with Crippen LogP contribution in [0, 0.1) is 6.92 Å². The molecule has 0 amide bonds. The van der Waals surface area contributed by atoms with Crippen molar-refractivity contribution in [1.82, 2.24) is 0 Å². The lowest BCUT2D eigenvalue weighted by Crippen LogP contribution is -2.18. The first-order valence-corrected chi connectivity index (χ1v) is 6.78. The van der Waals surface area contributed by atoms with Gasteiger partial charge in [-0.15, -0.1) is 0 Å². The average molecular weight is 299 g/mol. The average Bonchev–Trinajstić information content (AvgIpc) is 2.07. The number of benzene rings is 1. The SMILES string of the molecule is Cc1c(Br)cc(C(C)(C)C)c(O)c1C(C)(C)C. The van der Waals surface area contributed by atoms with E-state index in [0.29, 0.717) is 5.75 Å². The number of hydrogen-bond donors (Lipinski definition) is 1. The van der Waals surface area contributed by atoms with E-state index in [4.69, 9.17) is 0 Å². The van der Waals surface area contributed by atoms with Gasteiger partial charge in [0.05, 0.1) is 0 Å². The highest BCUT2D eigenvalue weighted by atomic mass is 79.9. The predicted molar refractivity (Wildman–Crippen MR) is 77.9 cm³/mol. The zero-order valence-electron chi connectivity index (χ0n) is 11.9. The van der Waals surface area contributed by atoms with Gasteiger partial charge in [-0.3, -0.25) is 0 Å². The number of phenols is 1. The number of hydrogen-bond acceptors (Lipinski definition) is 1. The Bertz CT molecular complexity index is 434. The Balaban J connectivity index is 3.67. The fourth-order valence-corrected chi connectivity index (χ4v) is 2.65. The van der Waals surface area contributed by atoms with Gasteiger partial charge in [0.1, 0.15) is 5.75 Å². The summed E-state index contributed by atoms with van der Waals surface area (Å²) in [4.78, 5) is 0. The van der Waals surface area contributed by atoms with Crippen LogP contribution in [0.3, 0.4) is 0 Å². The summed E-state index contributed by atoms with van der Waals surface area (Å²) in [5.74, 6) is 0.450. The molecule has 0 aromatic heterocycles. The zero-order chi connectivity index (χ0) is 13.6. The minimum atomic E-state index is -0.0576. The van der Waals surface area contributed by atoms with Crippen LogP contribution in [-0.4, -0.2) is 5.11 Å². The van der Waals surface area contributed by atoms with Gasteiger partial charge >= 0.3 is 0 Å². The fourth-order valence-electron chi connectivity index (χ4n) is 2.22. The summed E-state index contributed by atoms with van der Waals surface area (Å²) in [5, 5.41) is 10.5. The number of rotatable bonds is 0. The molecule has 0 aliphatic rings. The van der Waals surface area contributed by atoms with Crippen LogP contribution in [0.1, 0.15) is 58.2 Å². The van der Waals surface area contributed by atoms with Crippen LogP contribution in [-0.2, 0) is 10.8 Å². The molecular weight excluding hydrogens is 276 g/mol. The Labute approximate surface area is 113 Å². The molecule has 0 heterocycles. The molecule has 0 fully saturated rings. The van der Waals surface area contributed by atoms with Crippen molar-refractivity contribution in [2.45, 2.75) is 59.3 Å². The van der Waals surface area contributed by atoms with E-state index in [0.717, 1.165) is 21.2 Å². The highest BCUT2D eigenvalue weighted by Gasteiger charge is 2.28. The minimum absolute atomic E-state index is 0.0553. The molecule has 1 aromatic rings. The zero-order valence-corrected chi connectivity index (χ0v) is 13.5. The minimum Gasteiger partial charge on any atom is -0.507 e. The van der Waals surface area contributed by atoms with Gasteiger partial charge in [0, 0.05) is 15.6 Å². The Hall–Kier alpha value is -0.500. The molecule has 1 nitrogen and oxygen atoms in total. The third-order valence-corrected chi connectivity index (χ3v) is 3.88. The van der Waals surface area contributed by atoms with Crippen LogP contribution < -0.4 is 0 Å². The first-order valence-electron chi connectivity index (χ1n) is 5.99. The first kappa shape index (κ1) is 14.6. The summed E-state index contributed by atoms with van der Waals surface area (Å²) in [6.45, 7) is 14.8. The maximum atomic E-state index is 10.5. The Kier molecular flexibility index (Phi) is 3.69. The van der Waals surface area contributed by atoms with Crippen LogP contribution in [0.25, 0.3) is 0 Å². The largest absolute Gasteiger partial charge is 0.507 e. The van der Waals surface area contributed by atoms with Crippen molar-refractivity contribution in [1.29, 1.82) is 0 Å². The summed E-state index contributed by atoms with van der Waals surface area (Å²) in [6.07, 6.45) is 0. The topological polar surface area (TPSA) is 20.2 Å². The summed E-state index contributed by atoms with van der Waals surface area (Å²) in [5.41, 5.74) is 3.05. The molecule has 1 aromatic carbocycles. The van der Waals surface area contributed by atoms with E-state index in [1.807, 2.05) is 6.07 Å². The van der Waals surface area contributed by atoms with Gasteiger partial charge < -0.3 is 5.11 Å². The molecule has 0 atom stereocenters. The lowest BCUT2D eigenvalue weighted by Gasteiger charge is -2.29. The second-order valence-electron chi connectivity index (χ2n) is 6.75. The Morgan fingerprint density at radius 1 is 1.00 bits per heavy atom. The normalized spacial score (nSPS) is 12.9. The van der Waals surface area contributed by atoms with Crippen molar-refractivity contribution in [2.24, 2.45) is 0 Å². The second kappa shape index (κ2) is 4.31. The van der Waals surface area contributed by atoms with Crippen molar-refractivity contribution in [2.75, 3.05) is 0 Å². The van der Waals surface area contributed by atoms with Gasteiger partial charge in [0.15, 0.2) is 0 Å². The van der Waals surface area contributed by atoms with Crippen LogP contribution in [0.4, 0.5) is 0 Å². The molecule has 0 bridgehead atoms. The molecule has 0 spiro atoms. The highest BCUT2D eigenvalue weighted by Crippen LogP contribution is 2.43. The summed E-state index contributed by atoms with van der Waals surface area (Å²) < 4.78 is 1.07. The lowest BCUT2D eigenvalue weighted by atomic mass is 9.77. The first-order chi connectivity index (χ1) is 7.46. The van der Waals surface area contributed by atoms with E-state index in [9.17, 15) is 5.11 Å². The van der Waals surface area contributed by atoms with Crippen molar-refractivity contribution >= 4 is 15.9 Å². The number of phenolic OH excluding ortho intramolecular Hbond substituents is 1. The lowest BCUT2D eigenvalue weighted by molar-refractivity contribution is 0.421.